The summed E-state index contributed by atoms with van der Waals surface area (Å²) in [4.78, 5) is 13.3. The molecule has 0 aliphatic rings. The highest BCUT2D eigenvalue weighted by Crippen LogP contribution is 2.12. The Balaban J connectivity index is 2.46. The van der Waals surface area contributed by atoms with Gasteiger partial charge in [0, 0.05) is 18.3 Å². The molecule has 1 amide bonds. The third-order valence-electron chi connectivity index (χ3n) is 2.49. The van der Waals surface area contributed by atoms with E-state index >= 15 is 0 Å². The van der Waals surface area contributed by atoms with Gasteiger partial charge in [-0.15, -0.1) is 0 Å². The Morgan fingerprint density at radius 1 is 1.37 bits per heavy atom. The molecule has 0 heterocycles. The standard InChI is InChI=1S/C13H18F2N2O2/c1-9(18)3-4-17(2)8-13(19)16-12-6-10(14)5-11(15)7-12/h5-7,9,18H,3-4,8H2,1-2H3,(H,16,19). The number of rotatable bonds is 6. The second kappa shape index (κ2) is 7.16. The van der Waals surface area contributed by atoms with Crippen molar-refractivity contribution in [1.29, 1.82) is 0 Å². The van der Waals surface area contributed by atoms with Crippen LogP contribution in [0.15, 0.2) is 18.2 Å². The van der Waals surface area contributed by atoms with Crippen molar-refractivity contribution in [2.24, 2.45) is 0 Å². The summed E-state index contributed by atoms with van der Waals surface area (Å²) in [5.74, 6) is -1.84. The molecule has 19 heavy (non-hydrogen) atoms. The van der Waals surface area contributed by atoms with Gasteiger partial charge in [-0.1, -0.05) is 0 Å². The zero-order valence-electron chi connectivity index (χ0n) is 11.0. The number of nitrogens with zero attached hydrogens (tertiary/aromatic N) is 1. The lowest BCUT2D eigenvalue weighted by molar-refractivity contribution is -0.117. The molecule has 2 N–H and O–H groups in total. The van der Waals surface area contributed by atoms with Crippen LogP contribution >= 0.6 is 0 Å². The molecule has 4 nitrogen and oxygen atoms in total. The second-order valence-corrected chi connectivity index (χ2v) is 4.58. The largest absolute Gasteiger partial charge is 0.393 e. The van der Waals surface area contributed by atoms with Crippen LogP contribution in [-0.2, 0) is 4.79 Å². The van der Waals surface area contributed by atoms with E-state index in [-0.39, 0.29) is 18.1 Å². The number of benzene rings is 1. The molecule has 1 aromatic carbocycles. The number of nitrogens with one attached hydrogen (secondary N) is 1. The zero-order valence-corrected chi connectivity index (χ0v) is 11.0. The molecule has 0 aromatic heterocycles. The van der Waals surface area contributed by atoms with Crippen molar-refractivity contribution in [3.8, 4) is 0 Å². The smallest absolute Gasteiger partial charge is 0.238 e. The fraction of sp³-hybridized carbons (Fsp3) is 0.462. The molecule has 0 spiro atoms. The van der Waals surface area contributed by atoms with Crippen LogP contribution in [0.5, 0.6) is 0 Å². The molecule has 6 heteroatoms. The lowest BCUT2D eigenvalue weighted by atomic mass is 10.2. The van der Waals surface area contributed by atoms with Gasteiger partial charge in [-0.3, -0.25) is 9.69 Å². The zero-order chi connectivity index (χ0) is 14.4. The molecule has 0 aliphatic carbocycles. The summed E-state index contributed by atoms with van der Waals surface area (Å²) in [6.07, 6.45) is 0.126. The molecular weight excluding hydrogens is 254 g/mol. The van der Waals surface area contributed by atoms with Crippen LogP contribution in [0.1, 0.15) is 13.3 Å². The van der Waals surface area contributed by atoms with Crippen molar-refractivity contribution in [1.82, 2.24) is 4.90 Å². The number of likely N-dealkylation sites (N-methyl/N-ethyl adjacent to an activating group) is 1. The van der Waals surface area contributed by atoms with Gasteiger partial charge in [-0.05, 0) is 32.5 Å². The molecule has 0 bridgehead atoms. The molecule has 1 unspecified atom stereocenters. The maximum absolute atomic E-state index is 12.9. The highest BCUT2D eigenvalue weighted by Gasteiger charge is 2.09. The Morgan fingerprint density at radius 3 is 2.47 bits per heavy atom. The lowest BCUT2D eigenvalue weighted by Gasteiger charge is -2.17. The molecule has 1 atom stereocenters. The van der Waals surface area contributed by atoms with Gasteiger partial charge in [-0.2, -0.15) is 0 Å². The molecule has 0 aliphatic heterocycles. The van der Waals surface area contributed by atoms with Gasteiger partial charge < -0.3 is 10.4 Å². The molecule has 106 valence electrons. The highest BCUT2D eigenvalue weighted by molar-refractivity contribution is 5.92. The van der Waals surface area contributed by atoms with Crippen LogP contribution in [-0.4, -0.2) is 42.2 Å². The van der Waals surface area contributed by atoms with Crippen LogP contribution < -0.4 is 5.32 Å². The van der Waals surface area contributed by atoms with Crippen molar-refractivity contribution in [2.45, 2.75) is 19.4 Å². The first kappa shape index (κ1) is 15.5. The number of aliphatic hydroxyl groups excluding tert-OH is 1. The van der Waals surface area contributed by atoms with Gasteiger partial charge in [0.2, 0.25) is 5.91 Å². The summed E-state index contributed by atoms with van der Waals surface area (Å²) in [7, 11) is 1.73. The van der Waals surface area contributed by atoms with E-state index in [0.29, 0.717) is 13.0 Å². The maximum Gasteiger partial charge on any atom is 0.238 e. The molecule has 1 rings (SSSR count). The quantitative estimate of drug-likeness (QED) is 0.827. The van der Waals surface area contributed by atoms with E-state index in [0.717, 1.165) is 18.2 Å². The Morgan fingerprint density at radius 2 is 1.95 bits per heavy atom. The average Bonchev–Trinajstić information content (AvgIpc) is 2.24. The summed E-state index contributed by atoms with van der Waals surface area (Å²) in [5, 5.41) is 11.5. The van der Waals surface area contributed by atoms with Gasteiger partial charge in [-0.25, -0.2) is 8.78 Å². The fourth-order valence-corrected chi connectivity index (χ4v) is 1.56. The normalized spacial score (nSPS) is 12.5. The van der Waals surface area contributed by atoms with Crippen molar-refractivity contribution < 1.29 is 18.7 Å². The second-order valence-electron chi connectivity index (χ2n) is 4.58. The van der Waals surface area contributed by atoms with Crippen molar-refractivity contribution in [3.05, 3.63) is 29.8 Å². The van der Waals surface area contributed by atoms with Crippen LogP contribution in [0, 0.1) is 11.6 Å². The summed E-state index contributed by atoms with van der Waals surface area (Å²) in [5.41, 5.74) is 0.0893. The van der Waals surface area contributed by atoms with E-state index in [9.17, 15) is 13.6 Å². The number of aliphatic hydroxyl groups is 1. The topological polar surface area (TPSA) is 52.6 Å². The SMILES string of the molecule is CC(O)CCN(C)CC(=O)Nc1cc(F)cc(F)c1. The number of hydrogen-bond acceptors (Lipinski definition) is 3. The van der Waals surface area contributed by atoms with Gasteiger partial charge in [0.1, 0.15) is 11.6 Å². The van der Waals surface area contributed by atoms with Crippen LogP contribution in [0.25, 0.3) is 0 Å². The van der Waals surface area contributed by atoms with Crippen molar-refractivity contribution in [3.63, 3.8) is 0 Å². The Labute approximate surface area is 111 Å². The molecular formula is C13H18F2N2O2. The predicted octanol–water partition coefficient (Wildman–Crippen LogP) is 1.61. The van der Waals surface area contributed by atoms with Gasteiger partial charge in [0.05, 0.1) is 12.6 Å². The van der Waals surface area contributed by atoms with Crippen molar-refractivity contribution >= 4 is 11.6 Å². The first-order valence-corrected chi connectivity index (χ1v) is 5.99. The van der Waals surface area contributed by atoms with Gasteiger partial charge in [0.25, 0.3) is 0 Å². The first-order chi connectivity index (χ1) is 8.86. The van der Waals surface area contributed by atoms with E-state index < -0.39 is 17.7 Å². The van der Waals surface area contributed by atoms with E-state index in [1.165, 1.54) is 0 Å². The summed E-state index contributed by atoms with van der Waals surface area (Å²) < 4.78 is 25.8. The maximum atomic E-state index is 12.9. The number of amides is 1. The number of carbonyl (C=O) groups is 1. The summed E-state index contributed by atoms with van der Waals surface area (Å²) in [6.45, 7) is 2.32. The van der Waals surface area contributed by atoms with E-state index in [2.05, 4.69) is 5.32 Å². The number of halogens is 2. The monoisotopic (exact) mass is 272 g/mol. The lowest BCUT2D eigenvalue weighted by Crippen LogP contribution is -2.32. The minimum Gasteiger partial charge on any atom is -0.393 e. The fourth-order valence-electron chi connectivity index (χ4n) is 1.56. The van der Waals surface area contributed by atoms with Crippen LogP contribution in [0.4, 0.5) is 14.5 Å². The Kier molecular flexibility index (Phi) is 5.85. The van der Waals surface area contributed by atoms with Gasteiger partial charge in [0.15, 0.2) is 0 Å². The van der Waals surface area contributed by atoms with Crippen LogP contribution in [0.2, 0.25) is 0 Å². The third kappa shape index (κ3) is 6.26. The summed E-state index contributed by atoms with van der Waals surface area (Å²) in [6, 6.07) is 2.85. The van der Waals surface area contributed by atoms with E-state index in [1.54, 1.807) is 18.9 Å². The third-order valence-corrected chi connectivity index (χ3v) is 2.49. The van der Waals surface area contributed by atoms with Gasteiger partial charge >= 0.3 is 0 Å². The molecule has 0 radical (unpaired) electrons. The molecule has 0 fully saturated rings. The van der Waals surface area contributed by atoms with Crippen molar-refractivity contribution in [2.75, 3.05) is 25.5 Å². The number of carbonyl (C=O) groups excluding carboxylic acids is 1. The van der Waals surface area contributed by atoms with E-state index in [4.69, 9.17) is 5.11 Å². The number of anilines is 1. The van der Waals surface area contributed by atoms with E-state index in [1.807, 2.05) is 0 Å². The molecule has 1 aromatic rings. The predicted molar refractivity (Wildman–Crippen MR) is 68.8 cm³/mol. The minimum absolute atomic E-state index is 0.0881. The molecule has 0 saturated heterocycles. The first-order valence-electron chi connectivity index (χ1n) is 5.99. The average molecular weight is 272 g/mol. The molecule has 0 saturated carbocycles. The minimum atomic E-state index is -0.738. The Hall–Kier alpha value is -1.53. The highest BCUT2D eigenvalue weighted by atomic mass is 19.1. The Bertz CT molecular complexity index is 418. The van der Waals surface area contributed by atoms with Crippen LogP contribution in [0.3, 0.4) is 0 Å². The summed E-state index contributed by atoms with van der Waals surface area (Å²) >= 11 is 0. The number of hydrogen-bond donors (Lipinski definition) is 2.